The molecular weight excluding hydrogens is 511 g/mol. The van der Waals surface area contributed by atoms with Gasteiger partial charge in [-0.25, -0.2) is 18.4 Å². The van der Waals surface area contributed by atoms with Crippen molar-refractivity contribution in [3.63, 3.8) is 0 Å². The molecule has 2 heterocycles. The van der Waals surface area contributed by atoms with Gasteiger partial charge < -0.3 is 20.5 Å². The van der Waals surface area contributed by atoms with Gasteiger partial charge in [0, 0.05) is 55.9 Å². The van der Waals surface area contributed by atoms with Gasteiger partial charge >= 0.3 is 6.36 Å². The van der Waals surface area contributed by atoms with Crippen molar-refractivity contribution >= 4 is 33.8 Å². The number of rotatable bonds is 7. The normalized spacial score (nSPS) is 15.1. The minimum atomic E-state index is -5.10. The Morgan fingerprint density at radius 1 is 1.08 bits per heavy atom. The van der Waals surface area contributed by atoms with Crippen molar-refractivity contribution in [2.75, 3.05) is 31.5 Å². The monoisotopic (exact) mass is 535 g/mol. The van der Waals surface area contributed by atoms with Crippen molar-refractivity contribution in [2.45, 2.75) is 18.2 Å². The lowest BCUT2D eigenvalue weighted by molar-refractivity contribution is -0.275. The minimum Gasteiger partial charge on any atom is -0.508 e. The number of hydrogen-bond donors (Lipinski definition) is 3. The van der Waals surface area contributed by atoms with E-state index in [0.29, 0.717) is 24.2 Å². The van der Waals surface area contributed by atoms with Crippen molar-refractivity contribution in [1.29, 1.82) is 0 Å². The van der Waals surface area contributed by atoms with Crippen molar-refractivity contribution < 1.29 is 31.4 Å². The topological polar surface area (TPSA) is 117 Å². The standard InChI is InChI=1S/C24H24F3N5O4S/c1-16-11-22(37(34,35)32-9-7-28-8-10-32)21(36-24(25,26)27)13-20(16)31-23-29-14-18(15-30-23)6-5-17-3-2-4-19(33)12-17/h2-6,11-15,28,33H,7-10H2,1H3,(H,29,30,31)/b6-5+. The summed E-state index contributed by atoms with van der Waals surface area (Å²) < 4.78 is 71.0. The van der Waals surface area contributed by atoms with Crippen LogP contribution in [-0.2, 0) is 10.0 Å². The number of aromatic nitrogens is 2. The maximum Gasteiger partial charge on any atom is 0.573 e. The molecule has 13 heteroatoms. The zero-order valence-electron chi connectivity index (χ0n) is 19.7. The summed E-state index contributed by atoms with van der Waals surface area (Å²) in [7, 11) is -4.23. The number of sulfonamides is 1. The highest BCUT2D eigenvalue weighted by Crippen LogP contribution is 2.36. The maximum atomic E-state index is 13.2. The zero-order valence-corrected chi connectivity index (χ0v) is 20.5. The average molecular weight is 536 g/mol. The number of halogens is 3. The molecule has 9 nitrogen and oxygen atoms in total. The number of nitrogens with one attached hydrogen (secondary N) is 2. The summed E-state index contributed by atoms with van der Waals surface area (Å²) in [6.07, 6.45) is 1.39. The van der Waals surface area contributed by atoms with Crippen LogP contribution in [0.1, 0.15) is 16.7 Å². The molecule has 1 saturated heterocycles. The van der Waals surface area contributed by atoms with E-state index in [1.807, 2.05) is 6.07 Å². The summed E-state index contributed by atoms with van der Waals surface area (Å²) >= 11 is 0. The van der Waals surface area contributed by atoms with Gasteiger partial charge in [0.25, 0.3) is 0 Å². The molecule has 0 aliphatic carbocycles. The van der Waals surface area contributed by atoms with Crippen LogP contribution >= 0.6 is 0 Å². The Bertz CT molecular complexity index is 1390. The lowest BCUT2D eigenvalue weighted by Gasteiger charge is -2.28. The van der Waals surface area contributed by atoms with E-state index in [-0.39, 0.29) is 30.5 Å². The van der Waals surface area contributed by atoms with Gasteiger partial charge in [-0.05, 0) is 36.2 Å². The van der Waals surface area contributed by atoms with Crippen molar-refractivity contribution in [3.05, 3.63) is 65.5 Å². The molecule has 4 rings (SSSR count). The highest BCUT2D eigenvalue weighted by Gasteiger charge is 2.36. The largest absolute Gasteiger partial charge is 0.573 e. The number of hydrogen-bond acceptors (Lipinski definition) is 8. The fraction of sp³-hybridized carbons (Fsp3) is 0.250. The van der Waals surface area contributed by atoms with Gasteiger partial charge in [0.2, 0.25) is 16.0 Å². The molecule has 2 aromatic carbocycles. The van der Waals surface area contributed by atoms with Gasteiger partial charge in [-0.1, -0.05) is 24.3 Å². The molecule has 1 aromatic heterocycles. The first-order valence-electron chi connectivity index (χ1n) is 11.2. The number of ether oxygens (including phenoxy) is 1. The predicted octanol–water partition coefficient (Wildman–Crippen LogP) is 3.90. The smallest absolute Gasteiger partial charge is 0.508 e. The van der Waals surface area contributed by atoms with E-state index in [1.165, 1.54) is 12.4 Å². The quantitative estimate of drug-likeness (QED) is 0.417. The van der Waals surface area contributed by atoms with E-state index in [9.17, 15) is 26.7 Å². The van der Waals surface area contributed by atoms with Crippen LogP contribution in [0.5, 0.6) is 11.5 Å². The van der Waals surface area contributed by atoms with Crippen LogP contribution in [0.4, 0.5) is 24.8 Å². The number of phenolic OH excluding ortho intramolecular Hbond substituents is 1. The summed E-state index contributed by atoms with van der Waals surface area (Å²) in [6, 6.07) is 8.79. The molecule has 3 N–H and O–H groups in total. The van der Waals surface area contributed by atoms with Crippen LogP contribution < -0.4 is 15.4 Å². The summed E-state index contributed by atoms with van der Waals surface area (Å²) in [4.78, 5) is 7.78. The Labute approximate surface area is 211 Å². The Morgan fingerprint density at radius 2 is 1.76 bits per heavy atom. The van der Waals surface area contributed by atoms with E-state index in [4.69, 9.17) is 0 Å². The summed E-state index contributed by atoms with van der Waals surface area (Å²) in [5, 5.41) is 15.4. The van der Waals surface area contributed by atoms with Crippen molar-refractivity contribution in [1.82, 2.24) is 19.6 Å². The van der Waals surface area contributed by atoms with Gasteiger partial charge in [0.15, 0.2) is 5.75 Å². The van der Waals surface area contributed by atoms with Crippen molar-refractivity contribution in [2.24, 2.45) is 0 Å². The molecule has 196 valence electrons. The number of aromatic hydroxyl groups is 1. The second-order valence-electron chi connectivity index (χ2n) is 8.21. The van der Waals surface area contributed by atoms with E-state index < -0.39 is 27.0 Å². The van der Waals surface area contributed by atoms with Gasteiger partial charge in [0.05, 0.1) is 0 Å². The SMILES string of the molecule is Cc1cc(S(=O)(=O)N2CCNCC2)c(OC(F)(F)F)cc1Nc1ncc(/C=C/c2cccc(O)c2)cn1. The molecule has 0 bridgehead atoms. The van der Waals surface area contributed by atoms with E-state index >= 15 is 0 Å². The third kappa shape index (κ3) is 6.76. The molecule has 0 saturated carbocycles. The van der Waals surface area contributed by atoms with Gasteiger partial charge in [0.1, 0.15) is 10.6 Å². The summed E-state index contributed by atoms with van der Waals surface area (Å²) in [6.45, 7) is 2.61. The molecule has 0 unspecified atom stereocenters. The fourth-order valence-corrected chi connectivity index (χ4v) is 5.28. The third-order valence-electron chi connectivity index (χ3n) is 5.47. The highest BCUT2D eigenvalue weighted by atomic mass is 32.2. The van der Waals surface area contributed by atoms with E-state index in [2.05, 4.69) is 25.3 Å². The van der Waals surface area contributed by atoms with Crippen LogP contribution in [0, 0.1) is 6.92 Å². The third-order valence-corrected chi connectivity index (χ3v) is 7.39. The Morgan fingerprint density at radius 3 is 2.41 bits per heavy atom. The molecular formula is C24H24F3N5O4S. The molecule has 37 heavy (non-hydrogen) atoms. The molecule has 0 amide bonds. The summed E-state index contributed by atoms with van der Waals surface area (Å²) in [5.74, 6) is -0.618. The van der Waals surface area contributed by atoms with E-state index in [0.717, 1.165) is 22.0 Å². The first-order valence-corrected chi connectivity index (χ1v) is 12.6. The van der Waals surface area contributed by atoms with Crippen LogP contribution in [0.3, 0.4) is 0 Å². The molecule has 0 atom stereocenters. The van der Waals surface area contributed by atoms with Gasteiger partial charge in [-0.3, -0.25) is 0 Å². The lowest BCUT2D eigenvalue weighted by atomic mass is 10.2. The number of alkyl halides is 3. The van der Waals surface area contributed by atoms with Crippen LogP contribution in [0.15, 0.2) is 53.7 Å². The van der Waals surface area contributed by atoms with E-state index in [1.54, 1.807) is 37.3 Å². The average Bonchev–Trinajstić information content (AvgIpc) is 2.85. The Hall–Kier alpha value is -3.68. The molecule has 1 fully saturated rings. The first-order chi connectivity index (χ1) is 17.5. The molecule has 0 radical (unpaired) electrons. The zero-order chi connectivity index (χ0) is 26.6. The second kappa shape index (κ2) is 10.7. The van der Waals surface area contributed by atoms with Crippen LogP contribution in [-0.4, -0.2) is 60.3 Å². The Kier molecular flexibility index (Phi) is 7.66. The summed E-state index contributed by atoms with van der Waals surface area (Å²) in [5.41, 5.74) is 1.93. The Balaban J connectivity index is 1.59. The van der Waals surface area contributed by atoms with Gasteiger partial charge in [-0.15, -0.1) is 13.2 Å². The number of nitrogens with zero attached hydrogens (tertiary/aromatic N) is 3. The first kappa shape index (κ1) is 26.4. The number of aryl methyl sites for hydroxylation is 1. The van der Waals surface area contributed by atoms with Gasteiger partial charge in [-0.2, -0.15) is 4.31 Å². The molecule has 1 aliphatic rings. The van der Waals surface area contributed by atoms with Crippen molar-refractivity contribution in [3.8, 4) is 11.5 Å². The molecule has 3 aromatic rings. The second-order valence-corrected chi connectivity index (χ2v) is 10.1. The highest BCUT2D eigenvalue weighted by molar-refractivity contribution is 7.89. The minimum absolute atomic E-state index is 0.0910. The maximum absolute atomic E-state index is 13.2. The number of benzene rings is 2. The number of anilines is 2. The lowest BCUT2D eigenvalue weighted by Crippen LogP contribution is -2.46. The molecule has 1 aliphatic heterocycles. The number of piperazine rings is 1. The van der Waals surface area contributed by atoms with Crippen LogP contribution in [0.25, 0.3) is 12.2 Å². The predicted molar refractivity (Wildman–Crippen MR) is 132 cm³/mol. The number of phenols is 1. The van der Waals surface area contributed by atoms with Crippen LogP contribution in [0.2, 0.25) is 0 Å². The molecule has 0 spiro atoms. The fourth-order valence-electron chi connectivity index (χ4n) is 3.66.